The van der Waals surface area contributed by atoms with Crippen molar-refractivity contribution in [2.45, 2.75) is 13.0 Å². The summed E-state index contributed by atoms with van der Waals surface area (Å²) in [5, 5.41) is 3.44. The molecule has 1 aromatic heterocycles. The summed E-state index contributed by atoms with van der Waals surface area (Å²) in [6.07, 6.45) is 2.14. The summed E-state index contributed by atoms with van der Waals surface area (Å²) < 4.78 is 2.24. The van der Waals surface area contributed by atoms with Crippen LogP contribution in [0.25, 0.3) is 0 Å². The van der Waals surface area contributed by atoms with Crippen LogP contribution in [0.15, 0.2) is 42.6 Å². The summed E-state index contributed by atoms with van der Waals surface area (Å²) in [6.45, 7) is 6.50. The van der Waals surface area contributed by atoms with Crippen LogP contribution in [0.3, 0.4) is 0 Å². The maximum atomic E-state index is 3.44. The fraction of sp³-hybridized carbons (Fsp3) is 0.412. The van der Waals surface area contributed by atoms with Gasteiger partial charge in [-0.3, -0.25) is 4.90 Å². The molecule has 1 fully saturated rings. The summed E-state index contributed by atoms with van der Waals surface area (Å²) in [5.74, 6) is 0. The third-order valence-corrected chi connectivity index (χ3v) is 4.17. The Bertz CT molecular complexity index is 550. The van der Waals surface area contributed by atoms with Crippen LogP contribution in [0.5, 0.6) is 0 Å². The minimum atomic E-state index is 0.359. The van der Waals surface area contributed by atoms with Gasteiger partial charge in [-0.05, 0) is 24.6 Å². The van der Waals surface area contributed by atoms with Gasteiger partial charge in [0.05, 0.1) is 6.04 Å². The van der Waals surface area contributed by atoms with Crippen molar-refractivity contribution in [1.29, 1.82) is 0 Å². The highest BCUT2D eigenvalue weighted by atomic mass is 15.2. The van der Waals surface area contributed by atoms with Gasteiger partial charge in [-0.2, -0.15) is 0 Å². The number of rotatable bonds is 3. The van der Waals surface area contributed by atoms with Gasteiger partial charge in [0.15, 0.2) is 0 Å². The van der Waals surface area contributed by atoms with Gasteiger partial charge >= 0.3 is 0 Å². The molecule has 3 nitrogen and oxygen atoms in total. The number of aryl methyl sites for hydroxylation is 2. The molecule has 0 aliphatic carbocycles. The Morgan fingerprint density at radius 1 is 1.05 bits per heavy atom. The molecule has 0 radical (unpaired) electrons. The van der Waals surface area contributed by atoms with Crippen LogP contribution in [-0.4, -0.2) is 35.6 Å². The first-order chi connectivity index (χ1) is 9.75. The first kappa shape index (κ1) is 13.4. The summed E-state index contributed by atoms with van der Waals surface area (Å²) in [7, 11) is 2.14. The predicted octanol–water partition coefficient (Wildman–Crippen LogP) is 2.33. The van der Waals surface area contributed by atoms with Crippen molar-refractivity contribution in [3.05, 3.63) is 59.4 Å². The molecular formula is C17H23N3. The normalized spacial score (nSPS) is 18.1. The molecule has 1 aromatic carbocycles. The molecule has 0 spiro atoms. The molecule has 1 unspecified atom stereocenters. The van der Waals surface area contributed by atoms with Crippen LogP contribution in [0.1, 0.15) is 22.9 Å². The van der Waals surface area contributed by atoms with Crippen molar-refractivity contribution < 1.29 is 0 Å². The Hall–Kier alpha value is -1.58. The Morgan fingerprint density at radius 3 is 2.35 bits per heavy atom. The quantitative estimate of drug-likeness (QED) is 0.923. The molecule has 1 aliphatic heterocycles. The highest BCUT2D eigenvalue weighted by Crippen LogP contribution is 2.29. The third kappa shape index (κ3) is 2.65. The van der Waals surface area contributed by atoms with Gasteiger partial charge in [0.25, 0.3) is 0 Å². The molecule has 3 rings (SSSR count). The van der Waals surface area contributed by atoms with E-state index < -0.39 is 0 Å². The summed E-state index contributed by atoms with van der Waals surface area (Å²) in [4.78, 5) is 2.58. The van der Waals surface area contributed by atoms with E-state index in [0.717, 1.165) is 26.2 Å². The highest BCUT2D eigenvalue weighted by Gasteiger charge is 2.25. The number of aromatic nitrogens is 1. The van der Waals surface area contributed by atoms with E-state index in [1.807, 2.05) is 0 Å². The number of hydrogen-bond acceptors (Lipinski definition) is 2. The van der Waals surface area contributed by atoms with Crippen molar-refractivity contribution in [2.75, 3.05) is 26.2 Å². The lowest BCUT2D eigenvalue weighted by atomic mass is 10.00. The molecule has 0 bridgehead atoms. The number of hydrogen-bond donors (Lipinski definition) is 1. The number of benzene rings is 1. The van der Waals surface area contributed by atoms with E-state index in [2.05, 4.69) is 71.4 Å². The van der Waals surface area contributed by atoms with Crippen molar-refractivity contribution >= 4 is 0 Å². The van der Waals surface area contributed by atoms with Crippen molar-refractivity contribution in [3.8, 4) is 0 Å². The van der Waals surface area contributed by atoms with Crippen LogP contribution in [0, 0.1) is 6.92 Å². The lowest BCUT2D eigenvalue weighted by Crippen LogP contribution is -2.45. The molecule has 1 aliphatic rings. The standard InChI is InChI=1S/C17H23N3/c1-14-5-7-15(8-6-14)17(16-4-3-11-19(16)2)20-12-9-18-10-13-20/h3-8,11,17-18H,9-10,12-13H2,1-2H3. The molecule has 106 valence electrons. The van der Waals surface area contributed by atoms with Gasteiger partial charge in [-0.1, -0.05) is 29.8 Å². The summed E-state index contributed by atoms with van der Waals surface area (Å²) in [5.41, 5.74) is 4.08. The fourth-order valence-electron chi connectivity index (χ4n) is 3.02. The van der Waals surface area contributed by atoms with Gasteiger partial charge in [0, 0.05) is 45.1 Å². The topological polar surface area (TPSA) is 20.2 Å². The molecule has 1 N–H and O–H groups in total. The second-order valence-electron chi connectivity index (χ2n) is 5.64. The molecule has 2 heterocycles. The summed E-state index contributed by atoms with van der Waals surface area (Å²) >= 11 is 0. The predicted molar refractivity (Wildman–Crippen MR) is 82.9 cm³/mol. The van der Waals surface area contributed by atoms with E-state index in [0.29, 0.717) is 6.04 Å². The molecular weight excluding hydrogens is 246 g/mol. The van der Waals surface area contributed by atoms with E-state index in [1.165, 1.54) is 16.8 Å². The van der Waals surface area contributed by atoms with E-state index in [4.69, 9.17) is 0 Å². The van der Waals surface area contributed by atoms with Gasteiger partial charge in [0.1, 0.15) is 0 Å². The van der Waals surface area contributed by atoms with Crippen molar-refractivity contribution in [3.63, 3.8) is 0 Å². The number of piperazine rings is 1. The van der Waals surface area contributed by atoms with Crippen LogP contribution in [0.4, 0.5) is 0 Å². The van der Waals surface area contributed by atoms with Crippen LogP contribution in [-0.2, 0) is 7.05 Å². The Kier molecular flexibility index (Phi) is 3.90. The zero-order valence-corrected chi connectivity index (χ0v) is 12.3. The second kappa shape index (κ2) is 5.81. The van der Waals surface area contributed by atoms with Gasteiger partial charge < -0.3 is 9.88 Å². The Morgan fingerprint density at radius 2 is 1.75 bits per heavy atom. The third-order valence-electron chi connectivity index (χ3n) is 4.17. The Balaban J connectivity index is 1.98. The fourth-order valence-corrected chi connectivity index (χ4v) is 3.02. The lowest BCUT2D eigenvalue weighted by Gasteiger charge is -2.35. The second-order valence-corrected chi connectivity index (χ2v) is 5.64. The number of nitrogens with zero attached hydrogens (tertiary/aromatic N) is 2. The van der Waals surface area contributed by atoms with Gasteiger partial charge in [-0.15, -0.1) is 0 Å². The minimum absolute atomic E-state index is 0.359. The molecule has 3 heteroatoms. The van der Waals surface area contributed by atoms with Crippen LogP contribution < -0.4 is 5.32 Å². The monoisotopic (exact) mass is 269 g/mol. The Labute approximate surface area is 121 Å². The SMILES string of the molecule is Cc1ccc(C(c2cccn2C)N2CCNCC2)cc1. The average Bonchev–Trinajstić information content (AvgIpc) is 2.89. The van der Waals surface area contributed by atoms with E-state index >= 15 is 0 Å². The molecule has 1 saturated heterocycles. The van der Waals surface area contributed by atoms with E-state index in [9.17, 15) is 0 Å². The maximum absolute atomic E-state index is 3.44. The number of nitrogens with one attached hydrogen (secondary N) is 1. The maximum Gasteiger partial charge on any atom is 0.0756 e. The average molecular weight is 269 g/mol. The first-order valence-corrected chi connectivity index (χ1v) is 7.38. The largest absolute Gasteiger partial charge is 0.353 e. The highest BCUT2D eigenvalue weighted by molar-refractivity contribution is 5.31. The zero-order valence-electron chi connectivity index (χ0n) is 12.3. The van der Waals surface area contributed by atoms with Crippen LogP contribution in [0.2, 0.25) is 0 Å². The zero-order chi connectivity index (χ0) is 13.9. The smallest absolute Gasteiger partial charge is 0.0756 e. The molecule has 20 heavy (non-hydrogen) atoms. The van der Waals surface area contributed by atoms with Gasteiger partial charge in [0.2, 0.25) is 0 Å². The lowest BCUT2D eigenvalue weighted by molar-refractivity contribution is 0.193. The molecule has 2 aromatic rings. The molecule has 0 amide bonds. The van der Waals surface area contributed by atoms with Crippen LogP contribution >= 0.6 is 0 Å². The molecule has 0 saturated carbocycles. The minimum Gasteiger partial charge on any atom is -0.353 e. The first-order valence-electron chi connectivity index (χ1n) is 7.38. The summed E-state index contributed by atoms with van der Waals surface area (Å²) in [6, 6.07) is 13.7. The van der Waals surface area contributed by atoms with E-state index in [1.54, 1.807) is 0 Å². The van der Waals surface area contributed by atoms with E-state index in [-0.39, 0.29) is 0 Å². The van der Waals surface area contributed by atoms with Crippen molar-refractivity contribution in [1.82, 2.24) is 14.8 Å². The molecule has 1 atom stereocenters. The van der Waals surface area contributed by atoms with Crippen molar-refractivity contribution in [2.24, 2.45) is 7.05 Å². The van der Waals surface area contributed by atoms with Gasteiger partial charge in [-0.25, -0.2) is 0 Å².